The molecule has 222 valence electrons. The maximum absolute atomic E-state index is 14.8. The molecule has 2 amide bonds. The molecule has 3 rings (SSSR count). The second kappa shape index (κ2) is 15.1. The van der Waals surface area contributed by atoms with Crippen molar-refractivity contribution in [2.24, 2.45) is 11.8 Å². The summed E-state index contributed by atoms with van der Waals surface area (Å²) in [6.45, 7) is 7.44. The molecule has 1 aromatic carbocycles. The maximum atomic E-state index is 14.8. The lowest BCUT2D eigenvalue weighted by Crippen LogP contribution is -2.57. The minimum absolute atomic E-state index is 0.0720. The molecule has 1 fully saturated rings. The molecule has 2 heterocycles. The molecule has 2 aromatic rings. The SMILES string of the molecule is CCOCC(O)[C@@H]1C[C@H](N(CC(C)C)C(=O)c2nnn(-c3ccccc3F)c2CCCCOC)CN(C(=O)O)C1. The van der Waals surface area contributed by atoms with Crippen LogP contribution in [0.15, 0.2) is 24.3 Å². The molecule has 0 saturated carbocycles. The summed E-state index contributed by atoms with van der Waals surface area (Å²) in [4.78, 5) is 29.1. The number of benzene rings is 1. The van der Waals surface area contributed by atoms with Gasteiger partial charge >= 0.3 is 6.09 Å². The van der Waals surface area contributed by atoms with Crippen LogP contribution >= 0.6 is 0 Å². The molecular formula is C28H42FN5O6. The first kappa shape index (κ1) is 31.4. The number of carbonyl (C=O) groups is 2. The maximum Gasteiger partial charge on any atom is 0.407 e. The van der Waals surface area contributed by atoms with Gasteiger partial charge in [-0.25, -0.2) is 13.9 Å². The number of aliphatic hydroxyl groups excluding tert-OH is 1. The summed E-state index contributed by atoms with van der Waals surface area (Å²) < 4.78 is 26.7. The number of aliphatic hydroxyl groups is 1. The molecule has 12 heteroatoms. The lowest BCUT2D eigenvalue weighted by atomic mass is 9.88. The van der Waals surface area contributed by atoms with Gasteiger partial charge in [0.1, 0.15) is 11.5 Å². The van der Waals surface area contributed by atoms with E-state index in [-0.39, 0.29) is 37.0 Å². The van der Waals surface area contributed by atoms with Crippen LogP contribution in [0.3, 0.4) is 0 Å². The molecule has 1 aromatic heterocycles. The third kappa shape index (κ3) is 7.98. The Labute approximate surface area is 234 Å². The van der Waals surface area contributed by atoms with Crippen LogP contribution in [0.25, 0.3) is 5.69 Å². The van der Waals surface area contributed by atoms with Crippen LogP contribution in [0, 0.1) is 17.7 Å². The predicted molar refractivity (Wildman–Crippen MR) is 146 cm³/mol. The van der Waals surface area contributed by atoms with Crippen molar-refractivity contribution in [3.63, 3.8) is 0 Å². The van der Waals surface area contributed by atoms with Crippen LogP contribution in [-0.2, 0) is 15.9 Å². The molecule has 1 unspecified atom stereocenters. The zero-order valence-electron chi connectivity index (χ0n) is 23.8. The fourth-order valence-electron chi connectivity index (χ4n) is 5.12. The summed E-state index contributed by atoms with van der Waals surface area (Å²) in [5.41, 5.74) is 0.791. The van der Waals surface area contributed by atoms with Crippen molar-refractivity contribution in [1.29, 1.82) is 0 Å². The number of ether oxygens (including phenoxy) is 2. The molecule has 40 heavy (non-hydrogen) atoms. The highest BCUT2D eigenvalue weighted by Gasteiger charge is 2.39. The summed E-state index contributed by atoms with van der Waals surface area (Å²) in [5.74, 6) is -1.22. The van der Waals surface area contributed by atoms with Gasteiger partial charge in [-0.05, 0) is 50.7 Å². The largest absolute Gasteiger partial charge is 0.465 e. The Morgan fingerprint density at radius 1 is 1.23 bits per heavy atom. The van der Waals surface area contributed by atoms with Crippen LogP contribution in [0.5, 0.6) is 0 Å². The molecule has 1 aliphatic rings. The zero-order valence-corrected chi connectivity index (χ0v) is 23.8. The van der Waals surface area contributed by atoms with Crippen molar-refractivity contribution in [2.75, 3.05) is 46.6 Å². The molecule has 0 aliphatic carbocycles. The van der Waals surface area contributed by atoms with Crippen LogP contribution in [0.2, 0.25) is 0 Å². The van der Waals surface area contributed by atoms with E-state index in [1.165, 1.54) is 15.6 Å². The third-order valence-corrected chi connectivity index (χ3v) is 7.09. The van der Waals surface area contributed by atoms with Crippen molar-refractivity contribution in [3.8, 4) is 5.69 Å². The van der Waals surface area contributed by atoms with Crippen LogP contribution in [-0.4, -0.2) is 106 Å². The fourth-order valence-corrected chi connectivity index (χ4v) is 5.12. The monoisotopic (exact) mass is 563 g/mol. The Morgan fingerprint density at radius 3 is 2.62 bits per heavy atom. The second-order valence-corrected chi connectivity index (χ2v) is 10.6. The predicted octanol–water partition coefficient (Wildman–Crippen LogP) is 3.24. The van der Waals surface area contributed by atoms with Crippen molar-refractivity contribution in [2.45, 2.75) is 58.6 Å². The van der Waals surface area contributed by atoms with Gasteiger partial charge in [-0.2, -0.15) is 0 Å². The number of hydrogen-bond donors (Lipinski definition) is 2. The first-order chi connectivity index (χ1) is 19.2. The molecular weight excluding hydrogens is 521 g/mol. The van der Waals surface area contributed by atoms with Gasteiger partial charge in [-0.1, -0.05) is 31.2 Å². The number of likely N-dealkylation sites (tertiary alicyclic amines) is 1. The molecule has 3 atom stereocenters. The molecule has 11 nitrogen and oxygen atoms in total. The molecule has 0 bridgehead atoms. The topological polar surface area (TPSA) is 130 Å². The van der Waals surface area contributed by atoms with E-state index in [0.717, 1.165) is 6.42 Å². The number of rotatable bonds is 14. The van der Waals surface area contributed by atoms with E-state index < -0.39 is 35.9 Å². The van der Waals surface area contributed by atoms with E-state index in [2.05, 4.69) is 10.3 Å². The molecule has 0 spiro atoms. The Bertz CT molecular complexity index is 1110. The summed E-state index contributed by atoms with van der Waals surface area (Å²) in [6, 6.07) is 5.68. The molecule has 0 radical (unpaired) electrons. The van der Waals surface area contributed by atoms with Crippen molar-refractivity contribution < 1.29 is 33.7 Å². The number of para-hydroxylation sites is 1. The lowest BCUT2D eigenvalue weighted by Gasteiger charge is -2.43. The van der Waals surface area contributed by atoms with Gasteiger partial charge < -0.3 is 29.5 Å². The van der Waals surface area contributed by atoms with Gasteiger partial charge in [0.25, 0.3) is 5.91 Å². The van der Waals surface area contributed by atoms with E-state index in [4.69, 9.17) is 9.47 Å². The number of carboxylic acid groups (broad SMARTS) is 1. The average molecular weight is 564 g/mol. The van der Waals surface area contributed by atoms with Crippen molar-refractivity contribution >= 4 is 12.0 Å². The standard InChI is InChI=1S/C28H42FN5O6/c1-5-40-18-25(35)20-14-21(17-32(16-20)28(37)38)33(15-19(2)3)27(36)26-24(12-8-9-13-39-4)34(31-30-26)23-11-7-6-10-22(23)29/h6-7,10-11,19-21,25,35H,5,8-9,12-18H2,1-4H3,(H,37,38)/t20-,21+,25?/m1/s1. The van der Waals surface area contributed by atoms with Crippen molar-refractivity contribution in [3.05, 3.63) is 41.5 Å². The van der Waals surface area contributed by atoms with Crippen LogP contribution in [0.4, 0.5) is 9.18 Å². The van der Waals surface area contributed by atoms with Gasteiger partial charge in [0, 0.05) is 45.9 Å². The summed E-state index contributed by atoms with van der Waals surface area (Å²) in [5, 5.41) is 29.0. The van der Waals surface area contributed by atoms with Gasteiger partial charge in [0.05, 0.1) is 24.4 Å². The van der Waals surface area contributed by atoms with E-state index >= 15 is 0 Å². The number of halogens is 1. The zero-order chi connectivity index (χ0) is 29.2. The van der Waals surface area contributed by atoms with Crippen LogP contribution < -0.4 is 0 Å². The number of unbranched alkanes of at least 4 members (excludes halogenated alkanes) is 1. The van der Waals surface area contributed by atoms with Gasteiger partial charge in [0.15, 0.2) is 5.69 Å². The quantitative estimate of drug-likeness (QED) is 0.335. The minimum atomic E-state index is -1.11. The molecule has 1 aliphatic heterocycles. The normalized spacial score (nSPS) is 18.2. The highest BCUT2D eigenvalue weighted by molar-refractivity contribution is 5.93. The van der Waals surface area contributed by atoms with E-state index in [1.807, 2.05) is 20.8 Å². The fraction of sp³-hybridized carbons (Fsp3) is 0.643. The van der Waals surface area contributed by atoms with Gasteiger partial charge in [-0.15, -0.1) is 5.10 Å². The Morgan fingerprint density at radius 2 is 1.98 bits per heavy atom. The van der Waals surface area contributed by atoms with E-state index in [1.54, 1.807) is 30.2 Å². The number of aromatic nitrogens is 3. The number of hydrogen-bond acceptors (Lipinski definition) is 7. The van der Waals surface area contributed by atoms with E-state index in [0.29, 0.717) is 44.7 Å². The molecule has 2 N–H and O–H groups in total. The van der Waals surface area contributed by atoms with Gasteiger partial charge in [0.2, 0.25) is 0 Å². The van der Waals surface area contributed by atoms with Gasteiger partial charge in [-0.3, -0.25) is 4.79 Å². The Kier molecular flexibility index (Phi) is 11.8. The highest BCUT2D eigenvalue weighted by atomic mass is 19.1. The number of piperidine rings is 1. The minimum Gasteiger partial charge on any atom is -0.465 e. The number of nitrogens with zero attached hydrogens (tertiary/aromatic N) is 5. The van der Waals surface area contributed by atoms with Crippen molar-refractivity contribution in [1.82, 2.24) is 24.8 Å². The Balaban J connectivity index is 1.99. The third-order valence-electron chi connectivity index (χ3n) is 7.09. The first-order valence-corrected chi connectivity index (χ1v) is 13.9. The smallest absolute Gasteiger partial charge is 0.407 e. The second-order valence-electron chi connectivity index (χ2n) is 10.6. The molecule has 1 saturated heterocycles. The summed E-state index contributed by atoms with van der Waals surface area (Å²) >= 11 is 0. The van der Waals surface area contributed by atoms with E-state index in [9.17, 15) is 24.2 Å². The first-order valence-electron chi connectivity index (χ1n) is 13.9. The Hall–Kier alpha value is -3.09. The summed E-state index contributed by atoms with van der Waals surface area (Å²) in [6.07, 6.45) is 0.239. The highest BCUT2D eigenvalue weighted by Crippen LogP contribution is 2.27. The number of methoxy groups -OCH3 is 1. The van der Waals surface area contributed by atoms with Crippen LogP contribution in [0.1, 0.15) is 56.2 Å². The number of amides is 2. The average Bonchev–Trinajstić information content (AvgIpc) is 3.35. The number of carbonyl (C=O) groups excluding carboxylic acids is 1. The lowest BCUT2D eigenvalue weighted by molar-refractivity contribution is -0.0286. The summed E-state index contributed by atoms with van der Waals surface area (Å²) in [7, 11) is 1.62.